The Hall–Kier alpha value is -0.650. The Bertz CT molecular complexity index is 274. The third-order valence-corrected chi connectivity index (χ3v) is 3.67. The van der Waals surface area contributed by atoms with E-state index in [9.17, 15) is 4.79 Å². The van der Waals surface area contributed by atoms with Gasteiger partial charge in [-0.3, -0.25) is 9.69 Å². The summed E-state index contributed by atoms with van der Waals surface area (Å²) in [6, 6.07) is 0. The highest BCUT2D eigenvalue weighted by Gasteiger charge is 2.33. The maximum atomic E-state index is 12.3. The average molecular weight is 271 g/mol. The van der Waals surface area contributed by atoms with Crippen molar-refractivity contribution in [3.63, 3.8) is 0 Å². The molecule has 2 N–H and O–H groups in total. The van der Waals surface area contributed by atoms with Gasteiger partial charge in [0, 0.05) is 39.3 Å². The SMILES string of the molecule is CCCC(C)(N)C(=O)N1CCN(CCOCC)CC1. The molecule has 5 heteroatoms. The second kappa shape index (κ2) is 7.82. The van der Waals surface area contributed by atoms with E-state index in [-0.39, 0.29) is 5.91 Å². The van der Waals surface area contributed by atoms with Crippen LogP contribution in [-0.4, -0.2) is 67.2 Å². The summed E-state index contributed by atoms with van der Waals surface area (Å²) in [5.41, 5.74) is 5.40. The lowest BCUT2D eigenvalue weighted by Crippen LogP contribution is -2.58. The number of nitrogens with two attached hydrogens (primary N) is 1. The molecule has 1 rings (SSSR count). The van der Waals surface area contributed by atoms with E-state index >= 15 is 0 Å². The molecule has 0 aromatic heterocycles. The number of amides is 1. The van der Waals surface area contributed by atoms with Crippen LogP contribution in [0.1, 0.15) is 33.6 Å². The third kappa shape index (κ3) is 5.09. The number of piperazine rings is 1. The van der Waals surface area contributed by atoms with Crippen LogP contribution in [0.15, 0.2) is 0 Å². The van der Waals surface area contributed by atoms with Crippen LogP contribution in [0.2, 0.25) is 0 Å². The van der Waals surface area contributed by atoms with Crippen molar-refractivity contribution in [3.05, 3.63) is 0 Å². The molecule has 1 heterocycles. The van der Waals surface area contributed by atoms with Gasteiger partial charge in [-0.2, -0.15) is 0 Å². The second-order valence-electron chi connectivity index (χ2n) is 5.50. The molecular weight excluding hydrogens is 242 g/mol. The number of carbonyl (C=O) groups is 1. The fourth-order valence-electron chi connectivity index (χ4n) is 2.50. The second-order valence-corrected chi connectivity index (χ2v) is 5.50. The lowest BCUT2D eigenvalue weighted by atomic mass is 9.95. The van der Waals surface area contributed by atoms with E-state index in [0.29, 0.717) is 0 Å². The molecule has 1 aliphatic heterocycles. The van der Waals surface area contributed by atoms with E-state index in [1.165, 1.54) is 0 Å². The molecule has 112 valence electrons. The minimum absolute atomic E-state index is 0.0961. The zero-order valence-electron chi connectivity index (χ0n) is 12.7. The summed E-state index contributed by atoms with van der Waals surface area (Å²) in [5.74, 6) is 0.0961. The molecule has 5 nitrogen and oxygen atoms in total. The molecular formula is C14H29N3O2. The summed E-state index contributed by atoms with van der Waals surface area (Å²) >= 11 is 0. The normalized spacial score (nSPS) is 20.3. The van der Waals surface area contributed by atoms with Crippen molar-refractivity contribution in [1.82, 2.24) is 9.80 Å². The number of hydrogen-bond acceptors (Lipinski definition) is 4. The fraction of sp³-hybridized carbons (Fsp3) is 0.929. The molecule has 0 bridgehead atoms. The molecule has 0 spiro atoms. The number of rotatable bonds is 7. The number of ether oxygens (including phenoxy) is 1. The van der Waals surface area contributed by atoms with Crippen molar-refractivity contribution >= 4 is 5.91 Å². The Labute approximate surface area is 117 Å². The first-order chi connectivity index (χ1) is 9.01. The molecule has 1 amide bonds. The van der Waals surface area contributed by atoms with Crippen LogP contribution in [-0.2, 0) is 9.53 Å². The molecule has 0 saturated carbocycles. The molecule has 1 saturated heterocycles. The minimum Gasteiger partial charge on any atom is -0.380 e. The van der Waals surface area contributed by atoms with Gasteiger partial charge in [0.05, 0.1) is 12.1 Å². The highest BCUT2D eigenvalue weighted by Crippen LogP contribution is 2.14. The average Bonchev–Trinajstić information content (AvgIpc) is 2.39. The van der Waals surface area contributed by atoms with Crippen molar-refractivity contribution in [2.45, 2.75) is 39.2 Å². The predicted molar refractivity (Wildman–Crippen MR) is 77.0 cm³/mol. The quantitative estimate of drug-likeness (QED) is 0.692. The molecule has 0 aromatic carbocycles. The number of nitrogens with zero attached hydrogens (tertiary/aromatic N) is 2. The zero-order valence-corrected chi connectivity index (χ0v) is 12.7. The number of carbonyl (C=O) groups excluding carboxylic acids is 1. The Balaban J connectivity index is 2.34. The van der Waals surface area contributed by atoms with Gasteiger partial charge in [-0.15, -0.1) is 0 Å². The van der Waals surface area contributed by atoms with Crippen molar-refractivity contribution in [2.75, 3.05) is 45.9 Å². The first-order valence-corrected chi connectivity index (χ1v) is 7.39. The maximum Gasteiger partial charge on any atom is 0.242 e. The van der Waals surface area contributed by atoms with Gasteiger partial charge in [0.1, 0.15) is 0 Å². The van der Waals surface area contributed by atoms with Gasteiger partial charge in [-0.05, 0) is 20.3 Å². The minimum atomic E-state index is -0.706. The van der Waals surface area contributed by atoms with Crippen LogP contribution >= 0.6 is 0 Å². The highest BCUT2D eigenvalue weighted by molar-refractivity contribution is 5.85. The van der Waals surface area contributed by atoms with Crippen molar-refractivity contribution in [3.8, 4) is 0 Å². The monoisotopic (exact) mass is 271 g/mol. The summed E-state index contributed by atoms with van der Waals surface area (Å²) in [6.45, 7) is 11.8. The van der Waals surface area contributed by atoms with Gasteiger partial charge in [0.25, 0.3) is 0 Å². The molecule has 0 radical (unpaired) electrons. The largest absolute Gasteiger partial charge is 0.380 e. The van der Waals surface area contributed by atoms with Crippen LogP contribution in [0.3, 0.4) is 0 Å². The lowest BCUT2D eigenvalue weighted by Gasteiger charge is -2.38. The smallest absolute Gasteiger partial charge is 0.242 e. The Morgan fingerprint density at radius 2 is 1.89 bits per heavy atom. The van der Waals surface area contributed by atoms with Gasteiger partial charge in [-0.1, -0.05) is 13.3 Å². The summed E-state index contributed by atoms with van der Waals surface area (Å²) in [4.78, 5) is 16.6. The van der Waals surface area contributed by atoms with Crippen LogP contribution in [0.4, 0.5) is 0 Å². The van der Waals surface area contributed by atoms with Gasteiger partial charge in [0.2, 0.25) is 5.91 Å². The first kappa shape index (κ1) is 16.4. The van der Waals surface area contributed by atoms with Gasteiger partial charge in [0.15, 0.2) is 0 Å². The topological polar surface area (TPSA) is 58.8 Å². The molecule has 1 fully saturated rings. The van der Waals surface area contributed by atoms with Gasteiger partial charge >= 0.3 is 0 Å². The van der Waals surface area contributed by atoms with E-state index in [1.807, 2.05) is 18.7 Å². The van der Waals surface area contributed by atoms with E-state index in [0.717, 1.165) is 58.8 Å². The lowest BCUT2D eigenvalue weighted by molar-refractivity contribution is -0.138. The summed E-state index contributed by atoms with van der Waals surface area (Å²) in [7, 11) is 0. The molecule has 19 heavy (non-hydrogen) atoms. The Kier molecular flexibility index (Phi) is 6.75. The third-order valence-electron chi connectivity index (χ3n) is 3.67. The molecule has 1 atom stereocenters. The van der Waals surface area contributed by atoms with Crippen molar-refractivity contribution in [1.29, 1.82) is 0 Å². The standard InChI is InChI=1S/C14H29N3O2/c1-4-6-14(3,15)13(18)17-9-7-16(8-10-17)11-12-19-5-2/h4-12,15H2,1-3H3. The van der Waals surface area contributed by atoms with E-state index in [4.69, 9.17) is 10.5 Å². The Morgan fingerprint density at radius 3 is 2.42 bits per heavy atom. The predicted octanol–water partition coefficient (Wildman–Crippen LogP) is 0.685. The highest BCUT2D eigenvalue weighted by atomic mass is 16.5. The number of hydrogen-bond donors (Lipinski definition) is 1. The van der Waals surface area contributed by atoms with Crippen LogP contribution in [0.25, 0.3) is 0 Å². The summed E-state index contributed by atoms with van der Waals surface area (Å²) in [5, 5.41) is 0. The fourth-order valence-corrected chi connectivity index (χ4v) is 2.50. The molecule has 1 aliphatic rings. The van der Waals surface area contributed by atoms with E-state index < -0.39 is 5.54 Å². The van der Waals surface area contributed by atoms with Crippen LogP contribution < -0.4 is 5.73 Å². The van der Waals surface area contributed by atoms with Crippen molar-refractivity contribution < 1.29 is 9.53 Å². The van der Waals surface area contributed by atoms with Gasteiger partial charge in [-0.25, -0.2) is 0 Å². The first-order valence-electron chi connectivity index (χ1n) is 7.39. The summed E-state index contributed by atoms with van der Waals surface area (Å²) in [6.07, 6.45) is 1.68. The summed E-state index contributed by atoms with van der Waals surface area (Å²) < 4.78 is 5.35. The van der Waals surface area contributed by atoms with Crippen molar-refractivity contribution in [2.24, 2.45) is 5.73 Å². The van der Waals surface area contributed by atoms with Gasteiger partial charge < -0.3 is 15.4 Å². The molecule has 0 aliphatic carbocycles. The van der Waals surface area contributed by atoms with E-state index in [2.05, 4.69) is 11.8 Å². The zero-order chi connectivity index (χ0) is 14.3. The van der Waals surface area contributed by atoms with Crippen LogP contribution in [0, 0.1) is 0 Å². The molecule has 0 aromatic rings. The molecule has 1 unspecified atom stereocenters. The maximum absolute atomic E-state index is 12.3. The van der Waals surface area contributed by atoms with E-state index in [1.54, 1.807) is 0 Å². The Morgan fingerprint density at radius 1 is 1.26 bits per heavy atom. The van der Waals surface area contributed by atoms with Crippen LogP contribution in [0.5, 0.6) is 0 Å².